The molecule has 0 N–H and O–H groups in total. The number of carbonyl (C=O) groups is 1. The molecule has 1 aromatic rings. The Morgan fingerprint density at radius 1 is 1.33 bits per heavy atom. The number of carbonyl (C=O) groups excluding carboxylic acids is 1. The van der Waals surface area contributed by atoms with Crippen molar-refractivity contribution in [3.05, 3.63) is 11.7 Å². The van der Waals surface area contributed by atoms with Crippen LogP contribution in [-0.2, 0) is 16.1 Å². The molecule has 2 aliphatic rings. The Kier molecular flexibility index (Phi) is 5.80. The normalized spacial score (nSPS) is 22.5. The number of nitrogens with zero attached hydrogens (tertiary/aromatic N) is 5. The van der Waals surface area contributed by atoms with Crippen molar-refractivity contribution in [2.24, 2.45) is 0 Å². The molecule has 0 saturated carbocycles. The number of ether oxygens (including phenoxy) is 1. The number of amides is 1. The number of hydrogen-bond acceptors (Lipinski definition) is 7. The second kappa shape index (κ2) is 8.04. The predicted octanol–water partition coefficient (Wildman–Crippen LogP) is 0.133. The summed E-state index contributed by atoms with van der Waals surface area (Å²) < 4.78 is 10.3. The molecule has 2 saturated heterocycles. The Hall–Kier alpha value is -1.51. The molecule has 8 heteroatoms. The maximum atomic E-state index is 12.2. The lowest BCUT2D eigenvalue weighted by atomic mass is 10.2. The standard InChI is InChI=1S/C16H27N5O3/c1-13-17-15(18-24-13)12-19(2)14-3-5-20(11-14)6-4-16(22)21-7-9-23-10-8-21/h14H,3-12H2,1-2H3/t14-/m0/s1. The molecular weight excluding hydrogens is 310 g/mol. The van der Waals surface area contributed by atoms with Gasteiger partial charge >= 0.3 is 0 Å². The largest absolute Gasteiger partial charge is 0.378 e. The van der Waals surface area contributed by atoms with Crippen LogP contribution in [-0.4, -0.2) is 89.8 Å². The minimum atomic E-state index is 0.248. The third-order valence-corrected chi connectivity index (χ3v) is 4.84. The van der Waals surface area contributed by atoms with Crippen LogP contribution >= 0.6 is 0 Å². The van der Waals surface area contributed by atoms with Crippen molar-refractivity contribution in [2.75, 3.05) is 53.0 Å². The van der Waals surface area contributed by atoms with Crippen LogP contribution in [0.5, 0.6) is 0 Å². The maximum Gasteiger partial charge on any atom is 0.224 e. The molecule has 3 heterocycles. The summed E-state index contributed by atoms with van der Waals surface area (Å²) in [6, 6.07) is 0.474. The Bertz CT molecular complexity index is 544. The van der Waals surface area contributed by atoms with Crippen LogP contribution in [0.1, 0.15) is 24.6 Å². The second-order valence-corrected chi connectivity index (χ2v) is 6.63. The predicted molar refractivity (Wildman–Crippen MR) is 87.4 cm³/mol. The van der Waals surface area contributed by atoms with E-state index >= 15 is 0 Å². The molecule has 1 aromatic heterocycles. The highest BCUT2D eigenvalue weighted by Crippen LogP contribution is 2.16. The number of likely N-dealkylation sites (N-methyl/N-ethyl adjacent to an activating group) is 1. The number of morpholine rings is 1. The van der Waals surface area contributed by atoms with Gasteiger partial charge in [-0.2, -0.15) is 4.98 Å². The van der Waals surface area contributed by atoms with Crippen LogP contribution in [0, 0.1) is 6.92 Å². The zero-order valence-corrected chi connectivity index (χ0v) is 14.6. The molecule has 0 aliphatic carbocycles. The molecule has 0 radical (unpaired) electrons. The Balaban J connectivity index is 1.39. The van der Waals surface area contributed by atoms with Crippen molar-refractivity contribution in [1.29, 1.82) is 0 Å². The average Bonchev–Trinajstić information content (AvgIpc) is 3.22. The van der Waals surface area contributed by atoms with Crippen molar-refractivity contribution in [3.63, 3.8) is 0 Å². The molecule has 0 spiro atoms. The van der Waals surface area contributed by atoms with Crippen molar-refractivity contribution < 1.29 is 14.1 Å². The van der Waals surface area contributed by atoms with E-state index in [4.69, 9.17) is 9.26 Å². The van der Waals surface area contributed by atoms with E-state index in [9.17, 15) is 4.79 Å². The van der Waals surface area contributed by atoms with E-state index in [0.717, 1.165) is 45.0 Å². The van der Waals surface area contributed by atoms with Crippen LogP contribution in [0.4, 0.5) is 0 Å². The molecule has 1 amide bonds. The minimum Gasteiger partial charge on any atom is -0.378 e. The Morgan fingerprint density at radius 3 is 2.83 bits per heavy atom. The summed E-state index contributed by atoms with van der Waals surface area (Å²) in [5.74, 6) is 1.58. The lowest BCUT2D eigenvalue weighted by Crippen LogP contribution is -2.42. The fourth-order valence-corrected chi connectivity index (χ4v) is 3.36. The van der Waals surface area contributed by atoms with Gasteiger partial charge in [0.1, 0.15) is 0 Å². The molecule has 1 atom stereocenters. The molecule has 0 bridgehead atoms. The highest BCUT2D eigenvalue weighted by atomic mass is 16.5. The fourth-order valence-electron chi connectivity index (χ4n) is 3.36. The van der Waals surface area contributed by atoms with E-state index in [1.54, 1.807) is 6.92 Å². The second-order valence-electron chi connectivity index (χ2n) is 6.63. The van der Waals surface area contributed by atoms with Crippen molar-refractivity contribution in [3.8, 4) is 0 Å². The first kappa shape index (κ1) is 17.3. The number of rotatable bonds is 6. The van der Waals surface area contributed by atoms with Gasteiger partial charge in [-0.05, 0) is 20.0 Å². The summed E-state index contributed by atoms with van der Waals surface area (Å²) >= 11 is 0. The van der Waals surface area contributed by atoms with E-state index in [1.165, 1.54) is 0 Å². The molecule has 2 fully saturated rings. The summed E-state index contributed by atoms with van der Waals surface area (Å²) in [5.41, 5.74) is 0. The first-order valence-electron chi connectivity index (χ1n) is 8.69. The fraction of sp³-hybridized carbons (Fsp3) is 0.812. The van der Waals surface area contributed by atoms with Gasteiger partial charge in [0, 0.05) is 45.6 Å². The molecule has 0 unspecified atom stereocenters. The van der Waals surface area contributed by atoms with Gasteiger partial charge < -0.3 is 19.1 Å². The van der Waals surface area contributed by atoms with Gasteiger partial charge in [-0.1, -0.05) is 5.16 Å². The lowest BCUT2D eigenvalue weighted by Gasteiger charge is -2.28. The zero-order valence-electron chi connectivity index (χ0n) is 14.6. The van der Waals surface area contributed by atoms with E-state index in [0.29, 0.717) is 38.1 Å². The van der Waals surface area contributed by atoms with Crippen molar-refractivity contribution in [2.45, 2.75) is 32.4 Å². The summed E-state index contributed by atoms with van der Waals surface area (Å²) in [5, 5.41) is 3.96. The number of likely N-dealkylation sites (tertiary alicyclic amines) is 1. The maximum absolute atomic E-state index is 12.2. The van der Waals surface area contributed by atoms with Crippen LogP contribution in [0.15, 0.2) is 4.52 Å². The SMILES string of the molecule is Cc1nc(CN(C)[C@H]2CCN(CCC(=O)N3CCOCC3)C2)no1. The Labute approximate surface area is 142 Å². The van der Waals surface area contributed by atoms with Gasteiger partial charge in [-0.25, -0.2) is 0 Å². The summed E-state index contributed by atoms with van der Waals surface area (Å²) in [4.78, 5) is 23.0. The first-order chi connectivity index (χ1) is 11.6. The number of hydrogen-bond donors (Lipinski definition) is 0. The van der Waals surface area contributed by atoms with E-state index in [1.807, 2.05) is 4.90 Å². The highest BCUT2D eigenvalue weighted by Gasteiger charge is 2.27. The van der Waals surface area contributed by atoms with Gasteiger partial charge in [0.15, 0.2) is 5.82 Å². The lowest BCUT2D eigenvalue weighted by molar-refractivity contribution is -0.135. The van der Waals surface area contributed by atoms with Crippen LogP contribution in [0.2, 0.25) is 0 Å². The van der Waals surface area contributed by atoms with E-state index < -0.39 is 0 Å². The summed E-state index contributed by atoms with van der Waals surface area (Å²) in [6.07, 6.45) is 1.71. The molecule has 24 heavy (non-hydrogen) atoms. The van der Waals surface area contributed by atoms with Gasteiger partial charge in [-0.3, -0.25) is 9.69 Å². The first-order valence-corrected chi connectivity index (χ1v) is 8.69. The average molecular weight is 337 g/mol. The molecule has 2 aliphatic heterocycles. The number of aryl methyl sites for hydroxylation is 1. The summed E-state index contributed by atoms with van der Waals surface area (Å²) in [6.45, 7) is 8.16. The van der Waals surface area contributed by atoms with Gasteiger partial charge in [0.05, 0.1) is 19.8 Å². The highest BCUT2D eigenvalue weighted by molar-refractivity contribution is 5.76. The van der Waals surface area contributed by atoms with E-state index in [-0.39, 0.29) is 5.91 Å². The molecular formula is C16H27N5O3. The zero-order chi connectivity index (χ0) is 16.9. The van der Waals surface area contributed by atoms with Gasteiger partial charge in [0.25, 0.3) is 0 Å². The van der Waals surface area contributed by atoms with Crippen molar-refractivity contribution in [1.82, 2.24) is 24.8 Å². The smallest absolute Gasteiger partial charge is 0.224 e. The topological polar surface area (TPSA) is 74.9 Å². The molecule has 3 rings (SSSR count). The van der Waals surface area contributed by atoms with Gasteiger partial charge in [-0.15, -0.1) is 0 Å². The third kappa shape index (κ3) is 4.52. The van der Waals surface area contributed by atoms with Gasteiger partial charge in [0.2, 0.25) is 11.8 Å². The van der Waals surface area contributed by atoms with Crippen molar-refractivity contribution >= 4 is 5.91 Å². The minimum absolute atomic E-state index is 0.248. The monoisotopic (exact) mass is 337 g/mol. The summed E-state index contributed by atoms with van der Waals surface area (Å²) in [7, 11) is 2.10. The third-order valence-electron chi connectivity index (χ3n) is 4.84. The number of aromatic nitrogens is 2. The Morgan fingerprint density at radius 2 is 2.12 bits per heavy atom. The van der Waals surface area contributed by atoms with Crippen LogP contribution < -0.4 is 0 Å². The molecule has 0 aromatic carbocycles. The quantitative estimate of drug-likeness (QED) is 0.730. The molecule has 134 valence electrons. The van der Waals surface area contributed by atoms with Crippen LogP contribution in [0.3, 0.4) is 0 Å². The molecule has 8 nitrogen and oxygen atoms in total. The van der Waals surface area contributed by atoms with E-state index in [2.05, 4.69) is 27.0 Å². The van der Waals surface area contributed by atoms with Crippen LogP contribution in [0.25, 0.3) is 0 Å².